The van der Waals surface area contributed by atoms with E-state index in [0.29, 0.717) is 13.0 Å². The van der Waals surface area contributed by atoms with Gasteiger partial charge in [0.05, 0.1) is 12.6 Å². The van der Waals surface area contributed by atoms with Crippen LogP contribution in [-0.4, -0.2) is 66.8 Å². The summed E-state index contributed by atoms with van der Waals surface area (Å²) in [5, 5.41) is 10.4. The molecule has 0 aromatic rings. The predicted octanol–water partition coefficient (Wildman–Crippen LogP) is 1.81. The summed E-state index contributed by atoms with van der Waals surface area (Å²) in [7, 11) is 0. The topological polar surface area (TPSA) is 143 Å². The summed E-state index contributed by atoms with van der Waals surface area (Å²) < 4.78 is 31.9. The summed E-state index contributed by atoms with van der Waals surface area (Å²) in [6.45, 7) is 4.12. The van der Waals surface area contributed by atoms with Crippen LogP contribution >= 0.6 is 0 Å². The molecule has 3 rings (SSSR count). The molecule has 0 spiro atoms. The summed E-state index contributed by atoms with van der Waals surface area (Å²) in [5.41, 5.74) is 0. The van der Waals surface area contributed by atoms with Crippen LogP contribution in [-0.2, 0) is 23.9 Å². The van der Waals surface area contributed by atoms with Gasteiger partial charge in [0.25, 0.3) is 5.91 Å². The lowest BCUT2D eigenvalue weighted by atomic mass is 9.87. The molecule has 3 fully saturated rings. The van der Waals surface area contributed by atoms with Gasteiger partial charge in [-0.1, -0.05) is 13.8 Å². The number of ether oxygens (including phenoxy) is 1. The van der Waals surface area contributed by atoms with Gasteiger partial charge in [-0.25, -0.2) is 13.6 Å². The van der Waals surface area contributed by atoms with Crippen molar-refractivity contribution in [3.8, 4) is 0 Å². The number of amides is 4. The zero-order valence-corrected chi connectivity index (χ0v) is 21.4. The Morgan fingerprint density at radius 1 is 1.03 bits per heavy atom. The van der Waals surface area contributed by atoms with Crippen molar-refractivity contribution in [2.75, 3.05) is 13.2 Å². The quantitative estimate of drug-likeness (QED) is 0.285. The van der Waals surface area contributed by atoms with Crippen molar-refractivity contribution in [3.63, 3.8) is 0 Å². The second-order valence-corrected chi connectivity index (χ2v) is 10.9. The Labute approximate surface area is 215 Å². The maximum Gasteiger partial charge on any atom is 0.407 e. The molecule has 0 aromatic heterocycles. The highest BCUT2D eigenvalue weighted by Gasteiger charge is 2.38. The summed E-state index contributed by atoms with van der Waals surface area (Å²) in [5.74, 6) is -5.93. The van der Waals surface area contributed by atoms with Crippen molar-refractivity contribution in [2.45, 2.75) is 95.7 Å². The Kier molecular flexibility index (Phi) is 9.83. The highest BCUT2D eigenvalue weighted by atomic mass is 19.3. The van der Waals surface area contributed by atoms with Gasteiger partial charge in [-0.3, -0.25) is 19.2 Å². The molecule has 1 heterocycles. The first-order chi connectivity index (χ1) is 17.4. The van der Waals surface area contributed by atoms with E-state index in [-0.39, 0.29) is 68.9 Å². The molecule has 0 unspecified atom stereocenters. The van der Waals surface area contributed by atoms with Crippen LogP contribution in [0, 0.1) is 17.8 Å². The number of halogens is 2. The average molecular weight is 529 g/mol. The number of nitrogens with one attached hydrogen (secondary N) is 4. The molecule has 1 saturated heterocycles. The molecule has 37 heavy (non-hydrogen) atoms. The Morgan fingerprint density at radius 3 is 2.27 bits per heavy atom. The first-order valence-corrected chi connectivity index (χ1v) is 13.2. The molecule has 4 amide bonds. The van der Waals surface area contributed by atoms with E-state index in [1.165, 1.54) is 0 Å². The van der Waals surface area contributed by atoms with Crippen molar-refractivity contribution < 1.29 is 37.5 Å². The van der Waals surface area contributed by atoms with Gasteiger partial charge in [0, 0.05) is 31.3 Å². The number of ketones is 1. The van der Waals surface area contributed by atoms with Gasteiger partial charge in [0.15, 0.2) is 0 Å². The van der Waals surface area contributed by atoms with Crippen LogP contribution in [0.15, 0.2) is 0 Å². The van der Waals surface area contributed by atoms with E-state index in [4.69, 9.17) is 4.74 Å². The normalized spacial score (nSPS) is 23.1. The lowest BCUT2D eigenvalue weighted by Gasteiger charge is -2.28. The fraction of sp³-hybridized carbons (Fsp3) is 0.800. The summed E-state index contributed by atoms with van der Waals surface area (Å²) in [6, 6.07) is -2.33. The molecule has 1 aliphatic heterocycles. The largest absolute Gasteiger partial charge is 0.449 e. The molecule has 4 N–H and O–H groups in total. The molecule has 10 nitrogen and oxygen atoms in total. The zero-order chi connectivity index (χ0) is 27.2. The van der Waals surface area contributed by atoms with Crippen LogP contribution in [0.1, 0.15) is 71.6 Å². The Balaban J connectivity index is 1.59. The van der Waals surface area contributed by atoms with Gasteiger partial charge >= 0.3 is 6.09 Å². The molecule has 2 aliphatic carbocycles. The molecule has 208 valence electrons. The van der Waals surface area contributed by atoms with Gasteiger partial charge in [-0.05, 0) is 56.8 Å². The minimum absolute atomic E-state index is 0.00967. The first-order valence-electron chi connectivity index (χ1n) is 13.2. The molecule has 0 aromatic carbocycles. The van der Waals surface area contributed by atoms with E-state index < -0.39 is 47.6 Å². The van der Waals surface area contributed by atoms with Gasteiger partial charge in [0.2, 0.25) is 23.5 Å². The maximum atomic E-state index is 13.3. The van der Waals surface area contributed by atoms with Crippen LogP contribution in [0.4, 0.5) is 13.6 Å². The maximum absolute atomic E-state index is 13.3. The SMILES string of the molecule is CC(C)C[C@H](NC(=O)OCC1CCC(F)(F)CC1)C(=O)N[C@@H](C[C@@H]1CCNC1=O)C(=O)C(=O)NC1CC1. The van der Waals surface area contributed by atoms with E-state index in [2.05, 4.69) is 21.3 Å². The highest BCUT2D eigenvalue weighted by molar-refractivity contribution is 6.38. The van der Waals surface area contributed by atoms with Crippen molar-refractivity contribution >= 4 is 29.6 Å². The molecule has 3 aliphatic rings. The van der Waals surface area contributed by atoms with Crippen LogP contribution in [0.5, 0.6) is 0 Å². The lowest BCUT2D eigenvalue weighted by Crippen LogP contribution is -2.55. The van der Waals surface area contributed by atoms with Crippen LogP contribution in [0.3, 0.4) is 0 Å². The fourth-order valence-corrected chi connectivity index (χ4v) is 4.65. The number of hydrogen-bond donors (Lipinski definition) is 4. The van der Waals surface area contributed by atoms with Crippen molar-refractivity contribution in [3.05, 3.63) is 0 Å². The number of carbonyl (C=O) groups is 5. The summed E-state index contributed by atoms with van der Waals surface area (Å²) in [6.07, 6.45) is 1.40. The second kappa shape index (κ2) is 12.6. The van der Waals surface area contributed by atoms with Gasteiger partial charge in [0.1, 0.15) is 6.04 Å². The highest BCUT2D eigenvalue weighted by Crippen LogP contribution is 2.36. The smallest absolute Gasteiger partial charge is 0.407 e. The molecule has 2 saturated carbocycles. The molecular formula is C25H38F2N4O6. The number of Topliss-reactive ketones (excluding diaryl/α,β-unsaturated/α-hetero) is 1. The Morgan fingerprint density at radius 2 is 1.70 bits per heavy atom. The van der Waals surface area contributed by atoms with Crippen molar-refractivity contribution in [2.24, 2.45) is 17.8 Å². The number of rotatable bonds is 12. The minimum Gasteiger partial charge on any atom is -0.449 e. The van der Waals surface area contributed by atoms with E-state index in [9.17, 15) is 32.8 Å². The van der Waals surface area contributed by atoms with Crippen LogP contribution in [0.2, 0.25) is 0 Å². The van der Waals surface area contributed by atoms with E-state index in [1.54, 1.807) is 0 Å². The third kappa shape index (κ3) is 9.23. The number of alkyl carbamates (subject to hydrolysis) is 1. The van der Waals surface area contributed by atoms with Crippen molar-refractivity contribution in [1.82, 2.24) is 21.3 Å². The third-order valence-corrected chi connectivity index (χ3v) is 7.05. The number of carbonyl (C=O) groups excluding carboxylic acids is 5. The third-order valence-electron chi connectivity index (χ3n) is 7.05. The fourth-order valence-electron chi connectivity index (χ4n) is 4.65. The summed E-state index contributed by atoms with van der Waals surface area (Å²) >= 11 is 0. The molecule has 12 heteroatoms. The second-order valence-electron chi connectivity index (χ2n) is 10.9. The van der Waals surface area contributed by atoms with E-state index in [1.807, 2.05) is 13.8 Å². The Bertz CT molecular complexity index is 869. The lowest BCUT2D eigenvalue weighted by molar-refractivity contribution is -0.141. The predicted molar refractivity (Wildman–Crippen MR) is 128 cm³/mol. The van der Waals surface area contributed by atoms with Crippen LogP contribution in [0.25, 0.3) is 0 Å². The average Bonchev–Trinajstić information content (AvgIpc) is 3.55. The summed E-state index contributed by atoms with van der Waals surface area (Å²) in [4.78, 5) is 63.0. The molecule has 3 atom stereocenters. The molecule has 0 radical (unpaired) electrons. The van der Waals surface area contributed by atoms with Crippen LogP contribution < -0.4 is 21.3 Å². The minimum atomic E-state index is -2.68. The molecular weight excluding hydrogens is 490 g/mol. The van der Waals surface area contributed by atoms with Gasteiger partial charge < -0.3 is 26.0 Å². The molecule has 0 bridgehead atoms. The Hall–Kier alpha value is -2.79. The van der Waals surface area contributed by atoms with E-state index in [0.717, 1.165) is 12.8 Å². The first kappa shape index (κ1) is 28.8. The number of alkyl halides is 2. The number of hydrogen-bond acceptors (Lipinski definition) is 6. The van der Waals surface area contributed by atoms with E-state index >= 15 is 0 Å². The monoisotopic (exact) mass is 528 g/mol. The van der Waals surface area contributed by atoms with Gasteiger partial charge in [-0.15, -0.1) is 0 Å². The van der Waals surface area contributed by atoms with Gasteiger partial charge in [-0.2, -0.15) is 0 Å². The zero-order valence-electron chi connectivity index (χ0n) is 21.4. The standard InChI is InChI=1S/C25H38F2N4O6/c1-14(2)11-19(31-24(36)37-13-15-5-8-25(26,27)9-6-15)22(34)30-18(12-16-7-10-28-21(16)33)20(32)23(35)29-17-3-4-17/h14-19H,3-13H2,1-2H3,(H,28,33)(H,29,35)(H,30,34)(H,31,36)/t16-,18-,19-/m0/s1. The van der Waals surface area contributed by atoms with Crippen molar-refractivity contribution in [1.29, 1.82) is 0 Å².